The molecule has 1 fully saturated rings. The van der Waals surface area contributed by atoms with Crippen LogP contribution in [0.5, 0.6) is 0 Å². The van der Waals surface area contributed by atoms with E-state index in [1.165, 1.54) is 37.3 Å². The summed E-state index contributed by atoms with van der Waals surface area (Å²) >= 11 is 1.38. The van der Waals surface area contributed by atoms with Crippen molar-refractivity contribution < 1.29 is 9.53 Å². The third-order valence-electron chi connectivity index (χ3n) is 5.01. The summed E-state index contributed by atoms with van der Waals surface area (Å²) in [5.41, 5.74) is 0.715. The van der Waals surface area contributed by atoms with Crippen LogP contribution in [0.15, 0.2) is 4.99 Å². The first-order valence-electron chi connectivity index (χ1n) is 10.7. The molecular weight excluding hydrogens is 513 g/mol. The molecule has 0 saturated carbocycles. The highest BCUT2D eigenvalue weighted by atomic mass is 127. The summed E-state index contributed by atoms with van der Waals surface area (Å²) in [6.07, 6.45) is 2.51. The number of ether oxygens (including phenoxy) is 1. The number of thiazole rings is 1. The molecule has 0 aromatic carbocycles. The minimum Gasteiger partial charge on any atom is -0.462 e. The molecule has 0 amide bonds. The van der Waals surface area contributed by atoms with E-state index in [1.807, 2.05) is 20.8 Å². The van der Waals surface area contributed by atoms with Crippen molar-refractivity contribution in [2.45, 2.75) is 53.5 Å². The molecule has 172 valence electrons. The summed E-state index contributed by atoms with van der Waals surface area (Å²) in [6, 6.07) is -0.0446. The van der Waals surface area contributed by atoms with Gasteiger partial charge in [-0.15, -0.1) is 35.3 Å². The zero-order valence-electron chi connectivity index (χ0n) is 19.2. The topological polar surface area (TPSA) is 78.8 Å². The lowest BCUT2D eigenvalue weighted by molar-refractivity contribution is 0.0531. The van der Waals surface area contributed by atoms with Gasteiger partial charge in [-0.05, 0) is 52.0 Å². The Morgan fingerprint density at radius 1 is 1.40 bits per heavy atom. The monoisotopic (exact) mass is 551 g/mol. The number of carbonyl (C=O) groups is 1. The average Bonchev–Trinajstić information content (AvgIpc) is 3.07. The molecule has 1 aromatic rings. The molecule has 1 saturated heterocycles. The Morgan fingerprint density at radius 3 is 2.77 bits per heavy atom. The number of guanidine groups is 1. The highest BCUT2D eigenvalue weighted by molar-refractivity contribution is 14.0. The summed E-state index contributed by atoms with van der Waals surface area (Å²) in [6.45, 7) is 15.1. The van der Waals surface area contributed by atoms with Crippen molar-refractivity contribution in [3.05, 3.63) is 15.6 Å². The molecule has 9 heteroatoms. The molecule has 2 N–H and O–H groups in total. The minimum absolute atomic E-state index is 0. The summed E-state index contributed by atoms with van der Waals surface area (Å²) in [7, 11) is 1.78. The zero-order valence-corrected chi connectivity index (χ0v) is 22.3. The lowest BCUT2D eigenvalue weighted by Gasteiger charge is -2.34. The largest absolute Gasteiger partial charge is 0.462 e. The highest BCUT2D eigenvalue weighted by Gasteiger charge is 2.22. The molecule has 2 rings (SSSR count). The maximum atomic E-state index is 12.0. The molecule has 7 nitrogen and oxygen atoms in total. The van der Waals surface area contributed by atoms with E-state index in [-0.39, 0.29) is 36.0 Å². The number of carbonyl (C=O) groups excluding carboxylic acids is 1. The van der Waals surface area contributed by atoms with Gasteiger partial charge in [0.2, 0.25) is 0 Å². The number of aromatic nitrogens is 1. The van der Waals surface area contributed by atoms with Gasteiger partial charge in [0, 0.05) is 26.7 Å². The van der Waals surface area contributed by atoms with E-state index in [4.69, 9.17) is 4.74 Å². The predicted octanol–water partition coefficient (Wildman–Crippen LogP) is 3.84. The lowest BCUT2D eigenvalue weighted by Crippen LogP contribution is -2.45. The fourth-order valence-corrected chi connectivity index (χ4v) is 4.65. The maximum Gasteiger partial charge on any atom is 0.350 e. The lowest BCUT2D eigenvalue weighted by atomic mass is 9.97. The third kappa shape index (κ3) is 8.30. The van der Waals surface area contributed by atoms with Gasteiger partial charge in [-0.25, -0.2) is 9.78 Å². The number of hydrogen-bond donors (Lipinski definition) is 2. The minimum atomic E-state index is -0.299. The van der Waals surface area contributed by atoms with Gasteiger partial charge in [0.1, 0.15) is 9.88 Å². The van der Waals surface area contributed by atoms with E-state index < -0.39 is 0 Å². The Hall–Kier alpha value is -0.940. The van der Waals surface area contributed by atoms with Gasteiger partial charge in [-0.1, -0.05) is 13.8 Å². The van der Waals surface area contributed by atoms with Crippen LogP contribution in [0, 0.1) is 18.8 Å². The molecule has 1 aliphatic rings. The Kier molecular flexibility index (Phi) is 12.2. The number of hydrogen-bond acceptors (Lipinski definition) is 6. The van der Waals surface area contributed by atoms with Crippen molar-refractivity contribution in [1.29, 1.82) is 0 Å². The second-order valence-corrected chi connectivity index (χ2v) is 9.20. The second kappa shape index (κ2) is 13.5. The molecule has 0 radical (unpaired) electrons. The molecule has 2 atom stereocenters. The summed E-state index contributed by atoms with van der Waals surface area (Å²) in [5, 5.41) is 7.73. The van der Waals surface area contributed by atoms with Crippen LogP contribution in [0.3, 0.4) is 0 Å². The van der Waals surface area contributed by atoms with E-state index in [1.54, 1.807) is 7.05 Å². The third-order valence-corrected chi connectivity index (χ3v) is 6.33. The van der Waals surface area contributed by atoms with Crippen LogP contribution in [0.1, 0.15) is 67.0 Å². The fourth-order valence-electron chi connectivity index (χ4n) is 3.69. The van der Waals surface area contributed by atoms with Crippen molar-refractivity contribution >= 4 is 47.2 Å². The second-order valence-electron chi connectivity index (χ2n) is 8.17. The average molecular weight is 552 g/mol. The molecular formula is C21H38IN5O2S. The highest BCUT2D eigenvalue weighted by Crippen LogP contribution is 2.24. The zero-order chi connectivity index (χ0) is 21.4. The maximum absolute atomic E-state index is 12.0. The molecule has 0 aliphatic carbocycles. The number of aryl methyl sites for hydroxylation is 1. The molecule has 2 heterocycles. The normalized spacial score (nSPS) is 18.6. The van der Waals surface area contributed by atoms with E-state index >= 15 is 0 Å². The Morgan fingerprint density at radius 2 is 2.13 bits per heavy atom. The van der Waals surface area contributed by atoms with Crippen LogP contribution in [0.2, 0.25) is 0 Å². The van der Waals surface area contributed by atoms with Crippen molar-refractivity contribution in [2.24, 2.45) is 16.8 Å². The van der Waals surface area contributed by atoms with Crippen molar-refractivity contribution in [3.8, 4) is 0 Å². The Balaban J connectivity index is 0.00000450. The first-order valence-corrected chi connectivity index (χ1v) is 11.5. The summed E-state index contributed by atoms with van der Waals surface area (Å²) < 4.78 is 5.11. The first-order chi connectivity index (χ1) is 13.8. The number of nitrogens with zero attached hydrogens (tertiary/aromatic N) is 3. The SMILES string of the molecule is CCOC(=O)c1sc(C(C)NC(=NC)NCC2CCCN(CC(C)C)C2)nc1C.I. The van der Waals surface area contributed by atoms with E-state index in [0.717, 1.165) is 24.1 Å². The van der Waals surface area contributed by atoms with Gasteiger partial charge in [0.05, 0.1) is 18.3 Å². The van der Waals surface area contributed by atoms with Crippen molar-refractivity contribution in [1.82, 2.24) is 20.5 Å². The van der Waals surface area contributed by atoms with Crippen molar-refractivity contribution in [2.75, 3.05) is 39.8 Å². The van der Waals surface area contributed by atoms with Gasteiger partial charge < -0.3 is 20.3 Å². The smallest absolute Gasteiger partial charge is 0.350 e. The van der Waals surface area contributed by atoms with Gasteiger partial charge in [-0.3, -0.25) is 4.99 Å². The van der Waals surface area contributed by atoms with Gasteiger partial charge >= 0.3 is 5.97 Å². The molecule has 0 bridgehead atoms. The van der Waals surface area contributed by atoms with Crippen LogP contribution in [-0.4, -0.2) is 61.6 Å². The number of nitrogens with one attached hydrogen (secondary N) is 2. The molecule has 30 heavy (non-hydrogen) atoms. The summed E-state index contributed by atoms with van der Waals surface area (Å²) in [4.78, 5) is 24.1. The number of likely N-dealkylation sites (tertiary alicyclic amines) is 1. The first kappa shape index (κ1) is 27.1. The van der Waals surface area contributed by atoms with Crippen molar-refractivity contribution in [3.63, 3.8) is 0 Å². The number of piperidine rings is 1. The van der Waals surface area contributed by atoms with Gasteiger partial charge in [-0.2, -0.15) is 0 Å². The van der Waals surface area contributed by atoms with E-state index in [0.29, 0.717) is 29.0 Å². The summed E-state index contributed by atoms with van der Waals surface area (Å²) in [5.74, 6) is 1.81. The standard InChI is InChI=1S/C21H37N5O2S.HI/c1-7-28-20(27)18-15(4)24-19(29-18)16(5)25-21(22-6)23-11-17-9-8-10-26(13-17)12-14(2)3;/h14,16-17H,7-13H2,1-6H3,(H2,22,23,25);1H. The van der Waals surface area contributed by atoms with Crippen LogP contribution in [0.4, 0.5) is 0 Å². The number of esters is 1. The van der Waals surface area contributed by atoms with E-state index in [9.17, 15) is 4.79 Å². The number of halogens is 1. The van der Waals surface area contributed by atoms with Crippen LogP contribution < -0.4 is 10.6 Å². The number of aliphatic imine (C=N–C) groups is 1. The van der Waals surface area contributed by atoms with Crippen LogP contribution >= 0.6 is 35.3 Å². The number of rotatable bonds is 8. The van der Waals surface area contributed by atoms with Gasteiger partial charge in [0.25, 0.3) is 0 Å². The molecule has 1 aromatic heterocycles. The van der Waals surface area contributed by atoms with Gasteiger partial charge in [0.15, 0.2) is 5.96 Å². The quantitative estimate of drug-likeness (QED) is 0.221. The Bertz CT molecular complexity index is 695. The fraction of sp³-hybridized carbons (Fsp3) is 0.762. The van der Waals surface area contributed by atoms with E-state index in [2.05, 4.69) is 39.4 Å². The molecule has 2 unspecified atom stereocenters. The predicted molar refractivity (Wildman–Crippen MR) is 135 cm³/mol. The molecule has 0 spiro atoms. The Labute approximate surface area is 202 Å². The molecule has 1 aliphatic heterocycles. The van der Waals surface area contributed by atoms with Crippen LogP contribution in [-0.2, 0) is 4.74 Å². The van der Waals surface area contributed by atoms with Crippen LogP contribution in [0.25, 0.3) is 0 Å².